The highest BCUT2D eigenvalue weighted by Crippen LogP contribution is 2.01. The number of methoxy groups -OCH3 is 1. The van der Waals surface area contributed by atoms with Gasteiger partial charge in [0.2, 0.25) is 10.0 Å². The van der Waals surface area contributed by atoms with E-state index in [4.69, 9.17) is 10.2 Å². The van der Waals surface area contributed by atoms with Gasteiger partial charge in [-0.2, -0.15) is 4.72 Å². The van der Waals surface area contributed by atoms with Crippen LogP contribution in [0, 0.1) is 0 Å². The van der Waals surface area contributed by atoms with Gasteiger partial charge in [0.1, 0.15) is 6.04 Å². The molecule has 2 atom stereocenters. The molecule has 0 saturated carbocycles. The van der Waals surface area contributed by atoms with Crippen LogP contribution < -0.4 is 4.72 Å². The van der Waals surface area contributed by atoms with Crippen LogP contribution in [0.2, 0.25) is 0 Å². The molecule has 0 radical (unpaired) electrons. The lowest BCUT2D eigenvalue weighted by molar-refractivity contribution is -0.143. The standard InChI is InChI=1S/C7H13NO7S/c1-4(6(10)11)16(13,14)8-5(3-9)7(12)15-2/h4-5,8-9H,3H2,1-2H3,(H,10,11). The van der Waals surface area contributed by atoms with Crippen LogP contribution in [-0.2, 0) is 24.3 Å². The molecule has 8 nitrogen and oxygen atoms in total. The van der Waals surface area contributed by atoms with Crippen LogP contribution in [-0.4, -0.2) is 55.6 Å². The quantitative estimate of drug-likeness (QED) is 0.464. The summed E-state index contributed by atoms with van der Waals surface area (Å²) >= 11 is 0. The van der Waals surface area contributed by atoms with Gasteiger partial charge in [-0.1, -0.05) is 0 Å². The van der Waals surface area contributed by atoms with Crippen molar-refractivity contribution in [1.82, 2.24) is 4.72 Å². The van der Waals surface area contributed by atoms with E-state index in [1.165, 1.54) is 0 Å². The number of carbonyl (C=O) groups excluding carboxylic acids is 1. The monoisotopic (exact) mass is 255 g/mol. The van der Waals surface area contributed by atoms with Crippen molar-refractivity contribution in [3.8, 4) is 0 Å². The summed E-state index contributed by atoms with van der Waals surface area (Å²) in [7, 11) is -3.22. The van der Waals surface area contributed by atoms with Gasteiger partial charge in [-0.15, -0.1) is 0 Å². The smallest absolute Gasteiger partial charge is 0.326 e. The number of sulfonamides is 1. The van der Waals surface area contributed by atoms with Crippen molar-refractivity contribution in [2.75, 3.05) is 13.7 Å². The van der Waals surface area contributed by atoms with Crippen LogP contribution in [0.3, 0.4) is 0 Å². The van der Waals surface area contributed by atoms with Crippen molar-refractivity contribution < 1.29 is 33.0 Å². The Bertz CT molecular complexity index is 363. The third-order valence-electron chi connectivity index (χ3n) is 1.79. The zero-order chi connectivity index (χ0) is 12.9. The Hall–Kier alpha value is -1.19. The third-order valence-corrected chi connectivity index (χ3v) is 3.53. The van der Waals surface area contributed by atoms with Gasteiger partial charge in [0.25, 0.3) is 0 Å². The zero-order valence-corrected chi connectivity index (χ0v) is 9.52. The van der Waals surface area contributed by atoms with Crippen molar-refractivity contribution in [1.29, 1.82) is 0 Å². The van der Waals surface area contributed by atoms with Gasteiger partial charge >= 0.3 is 11.9 Å². The molecule has 9 heteroatoms. The Morgan fingerprint density at radius 2 is 1.94 bits per heavy atom. The van der Waals surface area contributed by atoms with E-state index in [1.807, 2.05) is 0 Å². The molecule has 0 heterocycles. The lowest BCUT2D eigenvalue weighted by Gasteiger charge is -2.15. The molecule has 0 bridgehead atoms. The maximum absolute atomic E-state index is 11.4. The molecule has 0 aromatic heterocycles. The molecule has 3 N–H and O–H groups in total. The summed E-state index contributed by atoms with van der Waals surface area (Å²) in [5.41, 5.74) is 0. The summed E-state index contributed by atoms with van der Waals surface area (Å²) in [6, 6.07) is -1.50. The number of ether oxygens (including phenoxy) is 1. The van der Waals surface area contributed by atoms with Crippen molar-refractivity contribution >= 4 is 22.0 Å². The molecule has 2 unspecified atom stereocenters. The lowest BCUT2D eigenvalue weighted by atomic mass is 10.3. The number of carboxylic acids is 1. The average molecular weight is 255 g/mol. The van der Waals surface area contributed by atoms with E-state index < -0.39 is 39.9 Å². The molecule has 0 amide bonds. The van der Waals surface area contributed by atoms with Crippen LogP contribution in [0.25, 0.3) is 0 Å². The van der Waals surface area contributed by atoms with Crippen molar-refractivity contribution in [3.63, 3.8) is 0 Å². The van der Waals surface area contributed by atoms with Gasteiger partial charge in [-0.05, 0) is 6.92 Å². The van der Waals surface area contributed by atoms with Gasteiger partial charge in [0.05, 0.1) is 13.7 Å². The first-order chi connectivity index (χ1) is 7.26. The molecule has 0 aliphatic rings. The Morgan fingerprint density at radius 3 is 2.25 bits per heavy atom. The predicted molar refractivity (Wildman–Crippen MR) is 52.0 cm³/mol. The number of aliphatic carboxylic acids is 1. The van der Waals surface area contributed by atoms with Gasteiger partial charge in [0.15, 0.2) is 5.25 Å². The second-order valence-corrected chi connectivity index (χ2v) is 4.93. The Balaban J connectivity index is 4.81. The highest BCUT2D eigenvalue weighted by Gasteiger charge is 2.32. The van der Waals surface area contributed by atoms with Crippen molar-refractivity contribution in [3.05, 3.63) is 0 Å². The van der Waals surface area contributed by atoms with Gasteiger partial charge < -0.3 is 14.9 Å². The second kappa shape index (κ2) is 5.77. The van der Waals surface area contributed by atoms with Gasteiger partial charge in [0, 0.05) is 0 Å². The number of nitrogens with one attached hydrogen (secondary N) is 1. The summed E-state index contributed by atoms with van der Waals surface area (Å²) in [4.78, 5) is 21.4. The van der Waals surface area contributed by atoms with Crippen LogP contribution >= 0.6 is 0 Å². The molecule has 0 spiro atoms. The first-order valence-electron chi connectivity index (χ1n) is 4.19. The van der Waals surface area contributed by atoms with Gasteiger partial charge in [-0.25, -0.2) is 8.42 Å². The summed E-state index contributed by atoms with van der Waals surface area (Å²) in [6.07, 6.45) is 0. The van der Waals surface area contributed by atoms with E-state index in [9.17, 15) is 18.0 Å². The number of carboxylic acid groups (broad SMARTS) is 1. The molecule has 0 saturated heterocycles. The maximum Gasteiger partial charge on any atom is 0.326 e. The normalized spacial score (nSPS) is 15.2. The number of carbonyl (C=O) groups is 2. The van der Waals surface area contributed by atoms with E-state index in [0.717, 1.165) is 14.0 Å². The van der Waals surface area contributed by atoms with Crippen LogP contribution in [0.4, 0.5) is 0 Å². The molecule has 0 aromatic rings. The number of rotatable bonds is 6. The topological polar surface area (TPSA) is 130 Å². The minimum atomic E-state index is -4.24. The number of aliphatic hydroxyl groups excluding tert-OH is 1. The maximum atomic E-state index is 11.4. The van der Waals surface area contributed by atoms with E-state index in [0.29, 0.717) is 0 Å². The number of hydrogen-bond acceptors (Lipinski definition) is 6. The van der Waals surface area contributed by atoms with E-state index in [2.05, 4.69) is 4.74 Å². The lowest BCUT2D eigenvalue weighted by Crippen LogP contribution is -2.48. The first kappa shape index (κ1) is 14.8. The fourth-order valence-corrected chi connectivity index (χ4v) is 1.77. The Labute approximate surface area is 92.3 Å². The molecule has 0 aliphatic heterocycles. The zero-order valence-electron chi connectivity index (χ0n) is 8.71. The molecule has 0 aliphatic carbocycles. The Morgan fingerprint density at radius 1 is 1.44 bits per heavy atom. The molecule has 0 fully saturated rings. The van der Waals surface area contributed by atoms with Crippen molar-refractivity contribution in [2.24, 2.45) is 0 Å². The fourth-order valence-electron chi connectivity index (χ4n) is 0.735. The molecule has 16 heavy (non-hydrogen) atoms. The fraction of sp³-hybridized carbons (Fsp3) is 0.714. The first-order valence-corrected chi connectivity index (χ1v) is 5.73. The van der Waals surface area contributed by atoms with E-state index >= 15 is 0 Å². The Kier molecular flexibility index (Phi) is 5.35. The highest BCUT2D eigenvalue weighted by molar-refractivity contribution is 7.90. The highest BCUT2D eigenvalue weighted by atomic mass is 32.2. The summed E-state index contributed by atoms with van der Waals surface area (Å²) < 4.78 is 28.7. The van der Waals surface area contributed by atoms with E-state index in [-0.39, 0.29) is 0 Å². The minimum absolute atomic E-state index is 0.821. The average Bonchev–Trinajstić information content (AvgIpc) is 2.23. The molecular formula is C7H13NO7S. The van der Waals surface area contributed by atoms with E-state index in [1.54, 1.807) is 4.72 Å². The van der Waals surface area contributed by atoms with Crippen LogP contribution in [0.5, 0.6) is 0 Å². The summed E-state index contributed by atoms with van der Waals surface area (Å²) in [5.74, 6) is -2.56. The van der Waals surface area contributed by atoms with Crippen LogP contribution in [0.1, 0.15) is 6.92 Å². The van der Waals surface area contributed by atoms with Crippen molar-refractivity contribution in [2.45, 2.75) is 18.2 Å². The number of aliphatic hydroxyl groups is 1. The second-order valence-electron chi connectivity index (χ2n) is 2.90. The SMILES string of the molecule is COC(=O)C(CO)NS(=O)(=O)C(C)C(=O)O. The largest absolute Gasteiger partial charge is 0.480 e. The molecular weight excluding hydrogens is 242 g/mol. The summed E-state index contributed by atoms with van der Waals surface area (Å²) in [6.45, 7) is 0.120. The van der Waals surface area contributed by atoms with Crippen LogP contribution in [0.15, 0.2) is 0 Å². The van der Waals surface area contributed by atoms with Gasteiger partial charge in [-0.3, -0.25) is 9.59 Å². The minimum Gasteiger partial charge on any atom is -0.480 e. The number of esters is 1. The number of hydrogen-bond donors (Lipinski definition) is 3. The molecule has 94 valence electrons. The molecule has 0 rings (SSSR count). The third kappa shape index (κ3) is 3.76. The molecule has 0 aromatic carbocycles. The summed E-state index contributed by atoms with van der Waals surface area (Å²) in [5, 5.41) is 15.5. The predicted octanol–water partition coefficient (Wildman–Crippen LogP) is -2.09.